The van der Waals surface area contributed by atoms with Gasteiger partial charge in [0.15, 0.2) is 0 Å². The molecule has 3 nitrogen and oxygen atoms in total. The average Bonchev–Trinajstić information content (AvgIpc) is 3.08. The van der Waals surface area contributed by atoms with Crippen LogP contribution in [0.15, 0.2) is 60.8 Å². The molecule has 5 rings (SSSR count). The Bertz CT molecular complexity index is 1130. The summed E-state index contributed by atoms with van der Waals surface area (Å²) >= 11 is 0. The second kappa shape index (κ2) is 6.29. The van der Waals surface area contributed by atoms with Crippen LogP contribution in [0.2, 0.25) is 0 Å². The van der Waals surface area contributed by atoms with Gasteiger partial charge in [-0.1, -0.05) is 56.3 Å². The third-order valence-corrected chi connectivity index (χ3v) is 7.20. The second-order valence-electron chi connectivity index (χ2n) is 9.96. The second-order valence-corrected chi connectivity index (χ2v) is 9.96. The Labute approximate surface area is 179 Å². The summed E-state index contributed by atoms with van der Waals surface area (Å²) in [5.41, 5.74) is 7.56. The third kappa shape index (κ3) is 2.70. The molecular formula is C26H28BNO2. The number of nitrogens with zero attached hydrogens (tertiary/aromatic N) is 1. The molecule has 2 aromatic carbocycles. The van der Waals surface area contributed by atoms with E-state index in [0.717, 1.165) is 16.7 Å². The molecule has 30 heavy (non-hydrogen) atoms. The van der Waals surface area contributed by atoms with Crippen LogP contribution < -0.4 is 5.46 Å². The predicted octanol–water partition coefficient (Wildman–Crippen LogP) is 5.35. The highest BCUT2D eigenvalue weighted by molar-refractivity contribution is 6.63. The molecular weight excluding hydrogens is 369 g/mol. The lowest BCUT2D eigenvalue weighted by Gasteiger charge is -2.32. The number of hydrogen-bond acceptors (Lipinski definition) is 3. The minimum Gasteiger partial charge on any atom is -0.399 e. The summed E-state index contributed by atoms with van der Waals surface area (Å²) in [5.74, 6) is 0. The van der Waals surface area contributed by atoms with Gasteiger partial charge in [-0.15, -0.1) is 0 Å². The van der Waals surface area contributed by atoms with Gasteiger partial charge in [0, 0.05) is 22.6 Å². The summed E-state index contributed by atoms with van der Waals surface area (Å²) in [6, 6.07) is 19.4. The molecule has 1 aliphatic carbocycles. The minimum absolute atomic E-state index is 0.00310. The molecule has 0 bridgehead atoms. The Morgan fingerprint density at radius 1 is 0.733 bits per heavy atom. The van der Waals surface area contributed by atoms with E-state index in [1.165, 1.54) is 22.3 Å². The molecule has 152 valence electrons. The molecule has 1 aromatic heterocycles. The highest BCUT2D eigenvalue weighted by Gasteiger charge is 2.52. The molecule has 1 aliphatic heterocycles. The van der Waals surface area contributed by atoms with Crippen LogP contribution in [0, 0.1) is 0 Å². The normalized spacial score (nSPS) is 20.1. The summed E-state index contributed by atoms with van der Waals surface area (Å²) < 4.78 is 12.7. The zero-order chi connectivity index (χ0) is 21.3. The van der Waals surface area contributed by atoms with Crippen molar-refractivity contribution in [1.29, 1.82) is 0 Å². The van der Waals surface area contributed by atoms with Gasteiger partial charge in [-0.25, -0.2) is 0 Å². The van der Waals surface area contributed by atoms with E-state index in [-0.39, 0.29) is 16.6 Å². The van der Waals surface area contributed by atoms with Gasteiger partial charge in [-0.05, 0) is 62.1 Å². The number of pyridine rings is 1. The first-order chi connectivity index (χ1) is 14.1. The Kier molecular flexibility index (Phi) is 4.09. The highest BCUT2D eigenvalue weighted by atomic mass is 16.7. The first kappa shape index (κ1) is 19.5. The topological polar surface area (TPSA) is 31.4 Å². The van der Waals surface area contributed by atoms with Gasteiger partial charge in [0.05, 0.1) is 16.9 Å². The maximum Gasteiger partial charge on any atom is 0.497 e. The molecule has 0 spiro atoms. The zero-order valence-corrected chi connectivity index (χ0v) is 18.6. The Morgan fingerprint density at radius 3 is 2.13 bits per heavy atom. The van der Waals surface area contributed by atoms with Crippen molar-refractivity contribution in [3.63, 3.8) is 0 Å². The lowest BCUT2D eigenvalue weighted by molar-refractivity contribution is 0.00578. The summed E-state index contributed by atoms with van der Waals surface area (Å²) in [7, 11) is -0.435. The summed E-state index contributed by atoms with van der Waals surface area (Å²) in [5, 5.41) is 0. The van der Waals surface area contributed by atoms with Crippen LogP contribution in [0.1, 0.15) is 52.7 Å². The molecule has 1 saturated heterocycles. The molecule has 1 fully saturated rings. The summed E-state index contributed by atoms with van der Waals surface area (Å²) in [4.78, 5) is 4.75. The molecule has 2 aliphatic rings. The van der Waals surface area contributed by atoms with E-state index >= 15 is 0 Å². The fourth-order valence-electron chi connectivity index (χ4n) is 4.69. The van der Waals surface area contributed by atoms with Gasteiger partial charge >= 0.3 is 7.12 Å². The fraction of sp³-hybridized carbons (Fsp3) is 0.346. The highest BCUT2D eigenvalue weighted by Crippen LogP contribution is 2.49. The molecule has 0 saturated carbocycles. The fourth-order valence-corrected chi connectivity index (χ4v) is 4.69. The molecule has 3 aromatic rings. The van der Waals surface area contributed by atoms with Gasteiger partial charge < -0.3 is 9.31 Å². The van der Waals surface area contributed by atoms with E-state index in [4.69, 9.17) is 14.3 Å². The molecule has 0 amide bonds. The molecule has 0 N–H and O–H groups in total. The number of benzene rings is 2. The van der Waals surface area contributed by atoms with Crippen molar-refractivity contribution >= 4 is 12.6 Å². The van der Waals surface area contributed by atoms with Crippen LogP contribution in [-0.2, 0) is 14.7 Å². The Balaban J connectivity index is 1.62. The minimum atomic E-state index is -0.435. The Hall–Kier alpha value is -2.43. The van der Waals surface area contributed by atoms with Crippen molar-refractivity contribution < 1.29 is 9.31 Å². The lowest BCUT2D eigenvalue weighted by atomic mass is 9.76. The average molecular weight is 397 g/mol. The van der Waals surface area contributed by atoms with E-state index in [2.05, 4.69) is 90.1 Å². The van der Waals surface area contributed by atoms with Crippen molar-refractivity contribution in [2.45, 2.75) is 58.2 Å². The van der Waals surface area contributed by atoms with Crippen LogP contribution >= 0.6 is 0 Å². The lowest BCUT2D eigenvalue weighted by Crippen LogP contribution is -2.41. The van der Waals surface area contributed by atoms with Crippen molar-refractivity contribution in [2.75, 3.05) is 0 Å². The maximum absolute atomic E-state index is 6.33. The smallest absolute Gasteiger partial charge is 0.399 e. The van der Waals surface area contributed by atoms with Crippen LogP contribution in [0.3, 0.4) is 0 Å². The quantitative estimate of drug-likeness (QED) is 0.546. The van der Waals surface area contributed by atoms with Crippen molar-refractivity contribution in [2.24, 2.45) is 0 Å². The van der Waals surface area contributed by atoms with Crippen molar-refractivity contribution in [1.82, 2.24) is 4.98 Å². The van der Waals surface area contributed by atoms with E-state index in [1.54, 1.807) is 0 Å². The van der Waals surface area contributed by atoms with E-state index in [9.17, 15) is 0 Å². The molecule has 0 atom stereocenters. The van der Waals surface area contributed by atoms with Crippen LogP contribution in [0.25, 0.3) is 22.4 Å². The van der Waals surface area contributed by atoms with E-state index < -0.39 is 7.12 Å². The van der Waals surface area contributed by atoms with Gasteiger partial charge in [0.25, 0.3) is 0 Å². The summed E-state index contributed by atoms with van der Waals surface area (Å²) in [6.07, 6.45) is 1.84. The number of rotatable bonds is 2. The SMILES string of the molecule is CC1(C)c2ccccc2-c2cc(-c3ncccc3B3OC(C)(C)C(C)(C)O3)ccc21. The molecule has 0 radical (unpaired) electrons. The van der Waals surface area contributed by atoms with Crippen LogP contribution in [-0.4, -0.2) is 23.3 Å². The first-order valence-corrected chi connectivity index (χ1v) is 10.7. The predicted molar refractivity (Wildman–Crippen MR) is 123 cm³/mol. The standard InChI is InChI=1S/C26H28BNO2/c1-24(2)20-11-8-7-10-18(20)19-16-17(13-14-21(19)24)23-22(12-9-15-28-23)27-29-25(3,4)26(5,6)30-27/h7-16H,1-6H3. The largest absolute Gasteiger partial charge is 0.497 e. The first-order valence-electron chi connectivity index (χ1n) is 10.7. The molecule has 0 unspecified atom stereocenters. The number of fused-ring (bicyclic) bond motifs is 3. The Morgan fingerprint density at radius 2 is 1.40 bits per heavy atom. The number of hydrogen-bond donors (Lipinski definition) is 0. The maximum atomic E-state index is 6.33. The zero-order valence-electron chi connectivity index (χ0n) is 18.6. The molecule has 4 heteroatoms. The number of aromatic nitrogens is 1. The van der Waals surface area contributed by atoms with Crippen LogP contribution in [0.5, 0.6) is 0 Å². The van der Waals surface area contributed by atoms with Gasteiger partial charge in [-0.2, -0.15) is 0 Å². The van der Waals surface area contributed by atoms with Gasteiger partial charge in [-0.3, -0.25) is 4.98 Å². The summed E-state index contributed by atoms with van der Waals surface area (Å²) in [6.45, 7) is 12.9. The van der Waals surface area contributed by atoms with Crippen LogP contribution in [0.4, 0.5) is 0 Å². The van der Waals surface area contributed by atoms with Crippen molar-refractivity contribution in [3.8, 4) is 22.4 Å². The monoisotopic (exact) mass is 397 g/mol. The van der Waals surface area contributed by atoms with E-state index in [1.807, 2.05) is 12.3 Å². The van der Waals surface area contributed by atoms with Crippen molar-refractivity contribution in [3.05, 3.63) is 71.9 Å². The third-order valence-electron chi connectivity index (χ3n) is 7.20. The van der Waals surface area contributed by atoms with Gasteiger partial charge in [0.2, 0.25) is 0 Å². The molecule has 2 heterocycles. The van der Waals surface area contributed by atoms with E-state index in [0.29, 0.717) is 0 Å². The van der Waals surface area contributed by atoms with Gasteiger partial charge in [0.1, 0.15) is 0 Å².